The van der Waals surface area contributed by atoms with Crippen LogP contribution in [-0.2, 0) is 11.0 Å². The van der Waals surface area contributed by atoms with Crippen molar-refractivity contribution in [3.8, 4) is 5.75 Å². The van der Waals surface area contributed by atoms with E-state index >= 15 is 0 Å². The Morgan fingerprint density at radius 2 is 2.00 bits per heavy atom. The van der Waals surface area contributed by atoms with Crippen molar-refractivity contribution in [2.75, 3.05) is 12.4 Å². The van der Waals surface area contributed by atoms with Crippen molar-refractivity contribution < 1.29 is 9.53 Å². The van der Waals surface area contributed by atoms with E-state index in [9.17, 15) is 4.79 Å². The number of benzene rings is 2. The first kappa shape index (κ1) is 18.3. The van der Waals surface area contributed by atoms with Gasteiger partial charge in [0.05, 0.1) is 12.7 Å². The summed E-state index contributed by atoms with van der Waals surface area (Å²) in [6, 6.07) is 19.9. The second kappa shape index (κ2) is 7.90. The van der Waals surface area contributed by atoms with Gasteiger partial charge in [-0.05, 0) is 42.0 Å². The molecule has 1 aromatic heterocycles. The monoisotopic (exact) mass is 490 g/mol. The molecule has 0 radical (unpaired) electrons. The molecular formula is C21H19IN2O2S. The summed E-state index contributed by atoms with van der Waals surface area (Å²) in [5.74, 6) is 0.840. The fraction of sp³-hybridized carbons (Fsp3) is 0.190. The zero-order valence-electron chi connectivity index (χ0n) is 14.8. The number of alkyl halides is 1. The average molecular weight is 490 g/mol. The molecule has 1 aliphatic heterocycles. The van der Waals surface area contributed by atoms with E-state index in [4.69, 9.17) is 4.74 Å². The van der Waals surface area contributed by atoms with E-state index in [2.05, 4.69) is 40.0 Å². The minimum Gasteiger partial charge on any atom is -0.497 e. The summed E-state index contributed by atoms with van der Waals surface area (Å²) in [4.78, 5) is 17.6. The van der Waals surface area contributed by atoms with Crippen molar-refractivity contribution in [2.45, 2.75) is 17.1 Å². The number of amides is 1. The first-order valence-electron chi connectivity index (χ1n) is 8.63. The zero-order valence-corrected chi connectivity index (χ0v) is 17.8. The molecule has 4 nitrogen and oxygen atoms in total. The summed E-state index contributed by atoms with van der Waals surface area (Å²) in [5, 5.41) is 3.56. The van der Waals surface area contributed by atoms with Crippen LogP contribution in [0.25, 0.3) is 0 Å². The quantitative estimate of drug-likeness (QED) is 0.382. The number of hydrogen-bond donors (Lipinski definition) is 1. The first-order chi connectivity index (χ1) is 13.2. The molecule has 0 saturated carbocycles. The number of nitrogens with zero attached hydrogens (tertiary/aromatic N) is 1. The van der Waals surface area contributed by atoms with Gasteiger partial charge in [-0.1, -0.05) is 46.9 Å². The molecule has 27 heavy (non-hydrogen) atoms. The number of carbonyl (C=O) groups is 1. The third-order valence-electron chi connectivity index (χ3n) is 4.59. The van der Waals surface area contributed by atoms with E-state index in [1.165, 1.54) is 4.88 Å². The first-order valence-corrected chi connectivity index (χ1v) is 11.0. The molecule has 0 fully saturated rings. The molecule has 1 amide bonds. The Bertz CT molecular complexity index is 972. The summed E-state index contributed by atoms with van der Waals surface area (Å²) < 4.78 is 6.31. The number of fused-ring (bicyclic) bond motifs is 1. The molecule has 0 bridgehead atoms. The van der Waals surface area contributed by atoms with E-state index in [1.807, 2.05) is 53.4 Å². The molecule has 2 heterocycles. The molecule has 0 aliphatic carbocycles. The van der Waals surface area contributed by atoms with Crippen LogP contribution >= 0.6 is 33.9 Å². The maximum atomic E-state index is 13.3. The number of nitrogens with one attached hydrogen (secondary N) is 1. The van der Waals surface area contributed by atoms with E-state index in [1.54, 1.807) is 18.4 Å². The van der Waals surface area contributed by atoms with Gasteiger partial charge in [0.25, 0.3) is 5.91 Å². The molecule has 1 unspecified atom stereocenters. The molecular weight excluding hydrogens is 471 g/mol. The smallest absolute Gasteiger partial charge is 0.258 e. The van der Waals surface area contributed by atoms with Gasteiger partial charge in [0.2, 0.25) is 0 Å². The standard InChI is InChI=1S/C21H19IN2O2S/c1-26-15-6-4-5-14(11-15)13-24-20(19-10-9-16(12-22)27-19)23-18-8-3-2-7-17(18)21(24)25/h2-11,20,23H,12-13H2,1H3. The molecule has 2 aromatic carbocycles. The average Bonchev–Trinajstić information content (AvgIpc) is 3.19. The van der Waals surface area contributed by atoms with Gasteiger partial charge in [-0.3, -0.25) is 4.79 Å². The lowest BCUT2D eigenvalue weighted by molar-refractivity contribution is 0.0669. The van der Waals surface area contributed by atoms with Gasteiger partial charge in [0.1, 0.15) is 11.9 Å². The number of para-hydroxylation sites is 1. The Morgan fingerprint density at radius 3 is 2.78 bits per heavy atom. The van der Waals surface area contributed by atoms with Crippen molar-refractivity contribution in [3.05, 3.63) is 81.5 Å². The molecule has 6 heteroatoms. The minimum atomic E-state index is -0.180. The van der Waals surface area contributed by atoms with Crippen LogP contribution in [0.2, 0.25) is 0 Å². The number of carbonyl (C=O) groups excluding carboxylic acids is 1. The SMILES string of the molecule is COc1cccc(CN2C(=O)c3ccccc3NC2c2ccc(CI)s2)c1. The summed E-state index contributed by atoms with van der Waals surface area (Å²) in [6.45, 7) is 0.513. The van der Waals surface area contributed by atoms with Gasteiger partial charge in [0, 0.05) is 26.4 Å². The fourth-order valence-corrected chi connectivity index (χ4v) is 4.91. The van der Waals surface area contributed by atoms with Crippen LogP contribution in [0.4, 0.5) is 5.69 Å². The summed E-state index contributed by atoms with van der Waals surface area (Å²) >= 11 is 4.12. The van der Waals surface area contributed by atoms with Gasteiger partial charge < -0.3 is 15.0 Å². The lowest BCUT2D eigenvalue weighted by atomic mass is 10.1. The Kier molecular flexibility index (Phi) is 5.36. The molecule has 1 N–H and O–H groups in total. The molecule has 1 atom stereocenters. The van der Waals surface area contributed by atoms with Crippen LogP contribution in [-0.4, -0.2) is 17.9 Å². The van der Waals surface area contributed by atoms with Crippen molar-refractivity contribution in [1.82, 2.24) is 4.90 Å². The Balaban J connectivity index is 1.73. The Labute approximate surface area is 176 Å². The van der Waals surface area contributed by atoms with E-state index in [0.29, 0.717) is 12.1 Å². The van der Waals surface area contributed by atoms with Gasteiger partial charge in [-0.15, -0.1) is 11.3 Å². The minimum absolute atomic E-state index is 0.0431. The highest BCUT2D eigenvalue weighted by atomic mass is 127. The van der Waals surface area contributed by atoms with Gasteiger partial charge in [0.15, 0.2) is 0 Å². The normalized spacial score (nSPS) is 16.0. The van der Waals surface area contributed by atoms with Crippen LogP contribution in [0.5, 0.6) is 5.75 Å². The maximum Gasteiger partial charge on any atom is 0.258 e. The second-order valence-electron chi connectivity index (χ2n) is 6.31. The number of rotatable bonds is 5. The van der Waals surface area contributed by atoms with Crippen LogP contribution < -0.4 is 10.1 Å². The topological polar surface area (TPSA) is 41.6 Å². The van der Waals surface area contributed by atoms with Gasteiger partial charge >= 0.3 is 0 Å². The maximum absolute atomic E-state index is 13.3. The number of anilines is 1. The van der Waals surface area contributed by atoms with Gasteiger partial charge in [-0.2, -0.15) is 0 Å². The zero-order chi connectivity index (χ0) is 18.8. The fourth-order valence-electron chi connectivity index (χ4n) is 3.26. The highest BCUT2D eigenvalue weighted by Gasteiger charge is 2.33. The number of hydrogen-bond acceptors (Lipinski definition) is 4. The van der Waals surface area contributed by atoms with E-state index in [0.717, 1.165) is 26.3 Å². The Morgan fingerprint density at radius 1 is 1.15 bits per heavy atom. The molecule has 1 aliphatic rings. The van der Waals surface area contributed by atoms with Crippen LogP contribution in [0, 0.1) is 0 Å². The molecule has 3 aromatic rings. The molecule has 0 saturated heterocycles. The summed E-state index contributed by atoms with van der Waals surface area (Å²) in [6.07, 6.45) is -0.180. The van der Waals surface area contributed by atoms with E-state index in [-0.39, 0.29) is 12.1 Å². The summed E-state index contributed by atoms with van der Waals surface area (Å²) in [7, 11) is 1.66. The second-order valence-corrected chi connectivity index (χ2v) is 8.28. The van der Waals surface area contributed by atoms with E-state index < -0.39 is 0 Å². The van der Waals surface area contributed by atoms with Crippen molar-refractivity contribution in [3.63, 3.8) is 0 Å². The van der Waals surface area contributed by atoms with Crippen LogP contribution in [0.3, 0.4) is 0 Å². The lowest BCUT2D eigenvalue weighted by Crippen LogP contribution is -2.42. The van der Waals surface area contributed by atoms with Gasteiger partial charge in [-0.25, -0.2) is 0 Å². The Hall–Kier alpha value is -2.06. The highest BCUT2D eigenvalue weighted by Crippen LogP contribution is 2.37. The lowest BCUT2D eigenvalue weighted by Gasteiger charge is -2.37. The molecule has 4 rings (SSSR count). The predicted molar refractivity (Wildman–Crippen MR) is 118 cm³/mol. The molecule has 138 valence electrons. The summed E-state index contributed by atoms with van der Waals surface area (Å²) in [5.41, 5.74) is 2.64. The third kappa shape index (κ3) is 3.68. The van der Waals surface area contributed by atoms with Crippen molar-refractivity contribution in [1.29, 1.82) is 0 Å². The number of halogens is 1. The number of thiophene rings is 1. The molecule has 0 spiro atoms. The van der Waals surface area contributed by atoms with Crippen LogP contribution in [0.1, 0.15) is 31.8 Å². The number of methoxy groups -OCH3 is 1. The highest BCUT2D eigenvalue weighted by molar-refractivity contribution is 14.1. The third-order valence-corrected chi connectivity index (χ3v) is 7.07. The van der Waals surface area contributed by atoms with Crippen molar-refractivity contribution in [2.24, 2.45) is 0 Å². The largest absolute Gasteiger partial charge is 0.497 e. The number of ether oxygens (including phenoxy) is 1. The van der Waals surface area contributed by atoms with Crippen LogP contribution in [0.15, 0.2) is 60.7 Å². The van der Waals surface area contributed by atoms with Crippen molar-refractivity contribution >= 4 is 45.5 Å². The predicted octanol–water partition coefficient (Wildman–Crippen LogP) is 5.46.